The molecule has 0 radical (unpaired) electrons. The van der Waals surface area contributed by atoms with E-state index in [0.717, 1.165) is 0 Å². The number of aliphatic hydroxyl groups is 1. The Balaban J connectivity index is 1.52. The van der Waals surface area contributed by atoms with Crippen LogP contribution in [-0.4, -0.2) is 41.4 Å². The molecule has 1 aliphatic carbocycles. The van der Waals surface area contributed by atoms with E-state index in [1.165, 1.54) is 0 Å². The van der Waals surface area contributed by atoms with Crippen molar-refractivity contribution in [3.63, 3.8) is 0 Å². The predicted molar refractivity (Wildman–Crippen MR) is 139 cm³/mol. The standard InChI is InChI=1S/C31H28O6/c32-27-21-31(33,22-34-23-13-5-1-6-14-23)30(37-26-19-11-4-12-20-26)29(36-25-17-9-3-10-18-25)28(27)35-24-15-7-2-8-16-24/h1-20,28-30,33H,21-22H2/t28-,29+,30-,31-/m0/s1. The molecule has 0 saturated heterocycles. The van der Waals surface area contributed by atoms with Crippen LogP contribution in [0.25, 0.3) is 0 Å². The zero-order valence-electron chi connectivity index (χ0n) is 20.2. The Morgan fingerprint density at radius 3 is 1.57 bits per heavy atom. The zero-order chi connectivity index (χ0) is 25.5. The average molecular weight is 497 g/mol. The quantitative estimate of drug-likeness (QED) is 0.347. The summed E-state index contributed by atoms with van der Waals surface area (Å²) in [7, 11) is 0. The molecule has 1 saturated carbocycles. The van der Waals surface area contributed by atoms with Crippen molar-refractivity contribution in [2.24, 2.45) is 0 Å². The van der Waals surface area contributed by atoms with Crippen molar-refractivity contribution in [1.29, 1.82) is 0 Å². The van der Waals surface area contributed by atoms with Gasteiger partial charge in [-0.3, -0.25) is 4.79 Å². The number of benzene rings is 4. The molecule has 1 aliphatic rings. The Kier molecular flexibility index (Phi) is 7.38. The molecule has 37 heavy (non-hydrogen) atoms. The summed E-state index contributed by atoms with van der Waals surface area (Å²) in [6, 6.07) is 36.5. The van der Waals surface area contributed by atoms with Crippen LogP contribution < -0.4 is 18.9 Å². The Morgan fingerprint density at radius 2 is 1.05 bits per heavy atom. The van der Waals surface area contributed by atoms with Crippen molar-refractivity contribution >= 4 is 5.78 Å². The number of ether oxygens (including phenoxy) is 4. The van der Waals surface area contributed by atoms with Gasteiger partial charge in [-0.15, -0.1) is 0 Å². The van der Waals surface area contributed by atoms with Crippen LogP contribution in [0.1, 0.15) is 6.42 Å². The minimum atomic E-state index is -1.70. The summed E-state index contributed by atoms with van der Waals surface area (Å²) in [5.74, 6) is 1.84. The third-order valence-corrected chi connectivity index (χ3v) is 6.18. The topological polar surface area (TPSA) is 74.2 Å². The summed E-state index contributed by atoms with van der Waals surface area (Å²) in [6.45, 7) is -0.174. The molecule has 0 heterocycles. The molecule has 0 amide bonds. The van der Waals surface area contributed by atoms with Gasteiger partial charge in [0.2, 0.25) is 0 Å². The molecule has 1 fully saturated rings. The Labute approximate surface area is 216 Å². The van der Waals surface area contributed by atoms with Crippen LogP contribution in [-0.2, 0) is 4.79 Å². The highest BCUT2D eigenvalue weighted by atomic mass is 16.6. The summed E-state index contributed by atoms with van der Waals surface area (Å²) in [5, 5.41) is 11.9. The lowest BCUT2D eigenvalue weighted by Crippen LogP contribution is -2.68. The number of hydrogen-bond acceptors (Lipinski definition) is 6. The highest BCUT2D eigenvalue weighted by Gasteiger charge is 2.57. The van der Waals surface area contributed by atoms with Gasteiger partial charge in [-0.2, -0.15) is 0 Å². The van der Waals surface area contributed by atoms with Gasteiger partial charge < -0.3 is 24.1 Å². The Hall–Kier alpha value is -4.29. The Morgan fingerprint density at radius 1 is 0.622 bits per heavy atom. The molecule has 0 spiro atoms. The van der Waals surface area contributed by atoms with E-state index in [-0.39, 0.29) is 18.8 Å². The van der Waals surface area contributed by atoms with Crippen LogP contribution in [0.15, 0.2) is 121 Å². The fraction of sp³-hybridized carbons (Fsp3) is 0.194. The van der Waals surface area contributed by atoms with Gasteiger partial charge in [0.1, 0.15) is 35.2 Å². The van der Waals surface area contributed by atoms with E-state index in [2.05, 4.69) is 0 Å². The van der Waals surface area contributed by atoms with Crippen molar-refractivity contribution in [2.45, 2.75) is 30.3 Å². The smallest absolute Gasteiger partial charge is 0.197 e. The predicted octanol–water partition coefficient (Wildman–Crippen LogP) is 5.11. The molecule has 4 aromatic rings. The van der Waals surface area contributed by atoms with E-state index in [0.29, 0.717) is 23.0 Å². The lowest BCUT2D eigenvalue weighted by atomic mass is 9.78. The molecular formula is C31H28O6. The van der Waals surface area contributed by atoms with Crippen LogP contribution in [0.3, 0.4) is 0 Å². The van der Waals surface area contributed by atoms with Gasteiger partial charge in [-0.1, -0.05) is 72.8 Å². The van der Waals surface area contributed by atoms with Crippen molar-refractivity contribution in [3.8, 4) is 23.0 Å². The molecule has 5 rings (SSSR count). The first-order valence-electron chi connectivity index (χ1n) is 12.2. The first-order chi connectivity index (χ1) is 18.1. The molecule has 0 bridgehead atoms. The SMILES string of the molecule is O=C1C[C@](O)(COc2ccccc2)[C@@H](Oc2ccccc2)[C@H](Oc2ccccc2)[C@H]1Oc1ccccc1. The van der Waals surface area contributed by atoms with Crippen LogP contribution in [0, 0.1) is 0 Å². The van der Waals surface area contributed by atoms with Gasteiger partial charge in [0, 0.05) is 6.42 Å². The lowest BCUT2D eigenvalue weighted by Gasteiger charge is -2.45. The fourth-order valence-electron chi connectivity index (χ4n) is 4.39. The first-order valence-corrected chi connectivity index (χ1v) is 12.2. The molecule has 0 aromatic heterocycles. The van der Waals surface area contributed by atoms with Crippen molar-refractivity contribution in [2.75, 3.05) is 6.61 Å². The molecule has 4 atom stereocenters. The summed E-state index contributed by atoms with van der Waals surface area (Å²) in [4.78, 5) is 13.5. The largest absolute Gasteiger partial charge is 0.490 e. The highest BCUT2D eigenvalue weighted by Crippen LogP contribution is 2.36. The summed E-state index contributed by atoms with van der Waals surface area (Å²) in [5.41, 5.74) is -1.70. The fourth-order valence-corrected chi connectivity index (χ4v) is 4.39. The average Bonchev–Trinajstić information content (AvgIpc) is 2.94. The maximum absolute atomic E-state index is 13.5. The minimum Gasteiger partial charge on any atom is -0.490 e. The molecule has 1 N–H and O–H groups in total. The molecule has 0 aliphatic heterocycles. The second kappa shape index (κ2) is 11.2. The third-order valence-electron chi connectivity index (χ3n) is 6.18. The van der Waals surface area contributed by atoms with Gasteiger partial charge in [0.05, 0.1) is 0 Å². The van der Waals surface area contributed by atoms with Crippen molar-refractivity contribution < 1.29 is 28.8 Å². The third kappa shape index (κ3) is 5.93. The molecular weight excluding hydrogens is 468 g/mol. The van der Waals surface area contributed by atoms with Gasteiger partial charge in [-0.25, -0.2) is 0 Å². The van der Waals surface area contributed by atoms with Crippen molar-refractivity contribution in [1.82, 2.24) is 0 Å². The van der Waals surface area contributed by atoms with E-state index in [1.807, 2.05) is 72.8 Å². The van der Waals surface area contributed by atoms with E-state index in [9.17, 15) is 9.90 Å². The number of carbonyl (C=O) groups is 1. The lowest BCUT2D eigenvalue weighted by molar-refractivity contribution is -0.181. The summed E-state index contributed by atoms with van der Waals surface area (Å²) in [6.07, 6.45) is -3.23. The van der Waals surface area contributed by atoms with Gasteiger partial charge in [0.15, 0.2) is 24.1 Å². The van der Waals surface area contributed by atoms with Gasteiger partial charge in [0.25, 0.3) is 0 Å². The second-order valence-electron chi connectivity index (χ2n) is 8.95. The number of hydrogen-bond donors (Lipinski definition) is 1. The summed E-state index contributed by atoms with van der Waals surface area (Å²) < 4.78 is 24.8. The number of rotatable bonds is 9. The van der Waals surface area contributed by atoms with Crippen molar-refractivity contribution in [3.05, 3.63) is 121 Å². The van der Waals surface area contributed by atoms with E-state index in [4.69, 9.17) is 18.9 Å². The number of para-hydroxylation sites is 4. The maximum atomic E-state index is 13.5. The van der Waals surface area contributed by atoms with Crippen LogP contribution in [0.5, 0.6) is 23.0 Å². The molecule has 6 nitrogen and oxygen atoms in total. The first kappa shape index (κ1) is 24.4. The highest BCUT2D eigenvalue weighted by molar-refractivity contribution is 5.86. The maximum Gasteiger partial charge on any atom is 0.197 e. The van der Waals surface area contributed by atoms with Gasteiger partial charge >= 0.3 is 0 Å². The molecule has 188 valence electrons. The molecule has 4 aromatic carbocycles. The minimum absolute atomic E-state index is 0.174. The second-order valence-corrected chi connectivity index (χ2v) is 8.95. The zero-order valence-corrected chi connectivity index (χ0v) is 20.2. The normalized spacial score (nSPS) is 23.2. The van der Waals surface area contributed by atoms with E-state index < -0.39 is 23.9 Å². The molecule has 6 heteroatoms. The Bertz CT molecular complexity index is 1270. The number of ketones is 1. The molecule has 0 unspecified atom stereocenters. The number of Topliss-reactive ketones (excluding diaryl/α,β-unsaturated/α-hetero) is 1. The van der Waals surface area contributed by atoms with E-state index >= 15 is 0 Å². The van der Waals surface area contributed by atoms with Crippen LogP contribution >= 0.6 is 0 Å². The number of carbonyl (C=O) groups excluding carboxylic acids is 1. The van der Waals surface area contributed by atoms with Crippen LogP contribution in [0.4, 0.5) is 0 Å². The summed E-state index contributed by atoms with van der Waals surface area (Å²) >= 11 is 0. The van der Waals surface area contributed by atoms with E-state index in [1.54, 1.807) is 48.5 Å². The van der Waals surface area contributed by atoms with Crippen LogP contribution in [0.2, 0.25) is 0 Å². The monoisotopic (exact) mass is 496 g/mol. The van der Waals surface area contributed by atoms with Gasteiger partial charge in [-0.05, 0) is 48.5 Å².